The fourth-order valence-electron chi connectivity index (χ4n) is 2.84. The monoisotopic (exact) mass is 415 g/mol. The molecule has 0 bridgehead atoms. The van der Waals surface area contributed by atoms with Crippen molar-refractivity contribution in [2.75, 3.05) is 19.3 Å². The van der Waals surface area contributed by atoms with Crippen molar-refractivity contribution in [2.24, 2.45) is 0 Å². The molecule has 5 nitrogen and oxygen atoms in total. The van der Waals surface area contributed by atoms with E-state index in [4.69, 9.17) is 0 Å². The highest BCUT2D eigenvalue weighted by Gasteiger charge is 2.17. The van der Waals surface area contributed by atoms with Crippen LogP contribution in [0.25, 0.3) is 15.9 Å². The maximum atomic E-state index is 13.2. The van der Waals surface area contributed by atoms with Crippen molar-refractivity contribution in [2.45, 2.75) is 38.8 Å². The molecule has 148 valence electrons. The lowest BCUT2D eigenvalue weighted by Crippen LogP contribution is -2.29. The van der Waals surface area contributed by atoms with E-state index < -0.39 is 0 Å². The Labute approximate surface area is 173 Å². The minimum atomic E-state index is -0.0856. The summed E-state index contributed by atoms with van der Waals surface area (Å²) >= 11 is 2.72. The molecule has 28 heavy (non-hydrogen) atoms. The number of benzene rings is 1. The Bertz CT molecular complexity index is 1060. The van der Waals surface area contributed by atoms with E-state index in [1.807, 2.05) is 50.5 Å². The van der Waals surface area contributed by atoms with Gasteiger partial charge in [-0.05, 0) is 55.0 Å². The molecule has 1 aromatic carbocycles. The quantitative estimate of drug-likeness (QED) is 0.424. The summed E-state index contributed by atoms with van der Waals surface area (Å²) in [6.45, 7) is 6.93. The van der Waals surface area contributed by atoms with Gasteiger partial charge in [-0.25, -0.2) is 4.98 Å². The summed E-state index contributed by atoms with van der Waals surface area (Å²) < 4.78 is 2.27. The molecule has 0 aliphatic rings. The summed E-state index contributed by atoms with van der Waals surface area (Å²) in [6, 6.07) is 7.79. The molecule has 2 heterocycles. The highest BCUT2D eigenvalue weighted by molar-refractivity contribution is 7.99. The van der Waals surface area contributed by atoms with E-state index in [0.717, 1.165) is 30.6 Å². The Morgan fingerprint density at radius 3 is 2.75 bits per heavy atom. The summed E-state index contributed by atoms with van der Waals surface area (Å²) in [5, 5.41) is 2.43. The minimum absolute atomic E-state index is 0.0461. The van der Waals surface area contributed by atoms with Gasteiger partial charge >= 0.3 is 0 Å². The zero-order valence-corrected chi connectivity index (χ0v) is 18.3. The van der Waals surface area contributed by atoms with Crippen molar-refractivity contribution in [3.8, 4) is 5.69 Å². The minimum Gasteiger partial charge on any atom is -0.345 e. The second-order valence-corrected chi connectivity index (χ2v) is 8.75. The SMILES string of the molecule is CCCCN(C)C(=O)CSc1nc2ccsc2c(=O)n1-c1ccc(C)c(C)c1. The maximum Gasteiger partial charge on any atom is 0.276 e. The molecule has 0 radical (unpaired) electrons. The summed E-state index contributed by atoms with van der Waals surface area (Å²) in [5.74, 6) is 0.303. The standard InChI is InChI=1S/C21H25N3O2S2/c1-5-6-10-23(4)18(25)13-28-21-22-17-9-11-27-19(17)20(26)24(21)16-8-7-14(2)15(3)12-16/h7-9,11-12H,5-6,10,13H2,1-4H3. The lowest BCUT2D eigenvalue weighted by atomic mass is 10.1. The number of hydrogen-bond donors (Lipinski definition) is 0. The van der Waals surface area contributed by atoms with Gasteiger partial charge in [0.25, 0.3) is 5.56 Å². The molecule has 0 aliphatic carbocycles. The number of nitrogens with zero attached hydrogens (tertiary/aromatic N) is 3. The van der Waals surface area contributed by atoms with E-state index in [2.05, 4.69) is 11.9 Å². The van der Waals surface area contributed by atoms with Crippen LogP contribution >= 0.6 is 23.1 Å². The Morgan fingerprint density at radius 2 is 2.04 bits per heavy atom. The third kappa shape index (κ3) is 4.31. The molecule has 3 aromatic rings. The number of unbranched alkanes of at least 4 members (excludes halogenated alkanes) is 1. The van der Waals surface area contributed by atoms with Crippen molar-refractivity contribution in [3.63, 3.8) is 0 Å². The molecule has 0 aliphatic heterocycles. The number of thiophene rings is 1. The number of amides is 1. The smallest absolute Gasteiger partial charge is 0.276 e. The molecule has 7 heteroatoms. The van der Waals surface area contributed by atoms with Crippen molar-refractivity contribution >= 4 is 39.2 Å². The average Bonchev–Trinajstić information content (AvgIpc) is 3.15. The van der Waals surface area contributed by atoms with Crippen LogP contribution in [0.3, 0.4) is 0 Å². The van der Waals surface area contributed by atoms with E-state index in [0.29, 0.717) is 15.4 Å². The van der Waals surface area contributed by atoms with Gasteiger partial charge in [-0.15, -0.1) is 11.3 Å². The molecule has 2 aromatic heterocycles. The summed E-state index contributed by atoms with van der Waals surface area (Å²) in [6.07, 6.45) is 2.03. The number of aromatic nitrogens is 2. The first kappa shape index (κ1) is 20.6. The highest BCUT2D eigenvalue weighted by Crippen LogP contribution is 2.24. The fourth-order valence-corrected chi connectivity index (χ4v) is 4.55. The van der Waals surface area contributed by atoms with E-state index in [-0.39, 0.29) is 17.2 Å². The molecule has 0 spiro atoms. The highest BCUT2D eigenvalue weighted by atomic mass is 32.2. The van der Waals surface area contributed by atoms with Crippen LogP contribution < -0.4 is 5.56 Å². The van der Waals surface area contributed by atoms with Gasteiger partial charge in [-0.3, -0.25) is 14.2 Å². The molecule has 1 amide bonds. The van der Waals surface area contributed by atoms with Gasteiger partial charge in [0.1, 0.15) is 4.70 Å². The first-order chi connectivity index (χ1) is 13.4. The molecule has 0 saturated heterocycles. The predicted molar refractivity (Wildman–Crippen MR) is 118 cm³/mol. The van der Waals surface area contributed by atoms with Crippen molar-refractivity contribution in [1.29, 1.82) is 0 Å². The molecule has 0 saturated carbocycles. The average molecular weight is 416 g/mol. The Hall–Kier alpha value is -2.12. The lowest BCUT2D eigenvalue weighted by molar-refractivity contribution is -0.127. The zero-order chi connectivity index (χ0) is 20.3. The van der Waals surface area contributed by atoms with Crippen LogP contribution in [-0.2, 0) is 4.79 Å². The molecule has 0 unspecified atom stereocenters. The Balaban J connectivity index is 1.98. The van der Waals surface area contributed by atoms with Crippen LogP contribution in [0, 0.1) is 13.8 Å². The lowest BCUT2D eigenvalue weighted by Gasteiger charge is -2.17. The molecular formula is C21H25N3O2S2. The molecular weight excluding hydrogens is 390 g/mol. The van der Waals surface area contributed by atoms with Crippen LogP contribution in [0.1, 0.15) is 30.9 Å². The van der Waals surface area contributed by atoms with Crippen LogP contribution in [0.4, 0.5) is 0 Å². The summed E-state index contributed by atoms with van der Waals surface area (Å²) in [7, 11) is 1.82. The molecule has 0 fully saturated rings. The van der Waals surface area contributed by atoms with Gasteiger partial charge in [-0.1, -0.05) is 31.2 Å². The van der Waals surface area contributed by atoms with Gasteiger partial charge in [-0.2, -0.15) is 0 Å². The van der Waals surface area contributed by atoms with Gasteiger partial charge < -0.3 is 4.90 Å². The molecule has 3 rings (SSSR count). The first-order valence-electron chi connectivity index (χ1n) is 9.37. The van der Waals surface area contributed by atoms with Crippen LogP contribution in [0.2, 0.25) is 0 Å². The van der Waals surface area contributed by atoms with E-state index >= 15 is 0 Å². The molecule has 0 atom stereocenters. The van der Waals surface area contributed by atoms with E-state index in [1.165, 1.54) is 28.7 Å². The fraction of sp³-hybridized carbons (Fsp3) is 0.381. The van der Waals surface area contributed by atoms with Gasteiger partial charge in [0, 0.05) is 13.6 Å². The van der Waals surface area contributed by atoms with Gasteiger partial charge in [0.15, 0.2) is 5.16 Å². The van der Waals surface area contributed by atoms with E-state index in [1.54, 1.807) is 9.47 Å². The van der Waals surface area contributed by atoms with Crippen molar-refractivity contribution in [1.82, 2.24) is 14.5 Å². The Morgan fingerprint density at radius 1 is 1.25 bits per heavy atom. The molecule has 0 N–H and O–H groups in total. The number of fused-ring (bicyclic) bond motifs is 1. The third-order valence-corrected chi connectivity index (χ3v) is 6.61. The number of rotatable bonds is 7. The number of carbonyl (C=O) groups is 1. The second kappa shape index (κ2) is 8.92. The first-order valence-corrected chi connectivity index (χ1v) is 11.2. The summed E-state index contributed by atoms with van der Waals surface area (Å²) in [4.78, 5) is 32.0. The number of aryl methyl sites for hydroxylation is 2. The van der Waals surface area contributed by atoms with Crippen molar-refractivity contribution in [3.05, 3.63) is 51.1 Å². The predicted octanol–water partition coefficient (Wildman–Crippen LogP) is 4.41. The summed E-state index contributed by atoms with van der Waals surface area (Å²) in [5.41, 5.74) is 3.66. The number of thioether (sulfide) groups is 1. The Kier molecular flexibility index (Phi) is 6.57. The van der Waals surface area contributed by atoms with Crippen LogP contribution in [0.15, 0.2) is 39.6 Å². The third-order valence-electron chi connectivity index (χ3n) is 4.80. The van der Waals surface area contributed by atoms with E-state index in [9.17, 15) is 9.59 Å². The van der Waals surface area contributed by atoms with Crippen molar-refractivity contribution < 1.29 is 4.79 Å². The topological polar surface area (TPSA) is 55.2 Å². The van der Waals surface area contributed by atoms with Crippen LogP contribution in [0.5, 0.6) is 0 Å². The van der Waals surface area contributed by atoms with Crippen LogP contribution in [-0.4, -0.2) is 39.7 Å². The van der Waals surface area contributed by atoms with Gasteiger partial charge in [0.05, 0.1) is 17.0 Å². The number of carbonyl (C=O) groups excluding carboxylic acids is 1. The zero-order valence-electron chi connectivity index (χ0n) is 16.7. The second-order valence-electron chi connectivity index (χ2n) is 6.90. The number of hydrogen-bond acceptors (Lipinski definition) is 5. The maximum absolute atomic E-state index is 13.2. The largest absolute Gasteiger partial charge is 0.345 e. The van der Waals surface area contributed by atoms with Gasteiger partial charge in [0.2, 0.25) is 5.91 Å². The normalized spacial score (nSPS) is 11.1.